The molecule has 0 fully saturated rings. The maximum atomic E-state index is 3.28. The lowest BCUT2D eigenvalue weighted by molar-refractivity contribution is 1.32. The Morgan fingerprint density at radius 2 is 1.14 bits per heavy atom. The van der Waals surface area contributed by atoms with E-state index >= 15 is 0 Å². The minimum Gasteiger partial charge on any atom is -0.135 e. The average molecular weight is 318 g/mol. The van der Waals surface area contributed by atoms with Gasteiger partial charge < -0.3 is 0 Å². The van der Waals surface area contributed by atoms with Crippen molar-refractivity contribution in [3.8, 4) is 23.7 Å². The SMILES string of the molecule is Cc1cc(C#Cc2cccs2)c(C#Cc2cccs2)cc1C. The molecule has 0 N–H and O–H groups in total. The summed E-state index contributed by atoms with van der Waals surface area (Å²) in [6.45, 7) is 4.23. The van der Waals surface area contributed by atoms with Crippen LogP contribution >= 0.6 is 22.7 Å². The predicted octanol–water partition coefficient (Wildman–Crippen LogP) is 5.23. The van der Waals surface area contributed by atoms with E-state index in [-0.39, 0.29) is 0 Å². The highest BCUT2D eigenvalue weighted by molar-refractivity contribution is 7.10. The summed E-state index contributed by atoms with van der Waals surface area (Å²) in [5.41, 5.74) is 4.50. The van der Waals surface area contributed by atoms with Gasteiger partial charge >= 0.3 is 0 Å². The van der Waals surface area contributed by atoms with Crippen LogP contribution in [-0.2, 0) is 0 Å². The molecule has 2 heterocycles. The molecule has 0 bridgehead atoms. The zero-order chi connectivity index (χ0) is 15.4. The molecule has 0 saturated carbocycles. The van der Waals surface area contributed by atoms with E-state index < -0.39 is 0 Å². The zero-order valence-electron chi connectivity index (χ0n) is 12.4. The van der Waals surface area contributed by atoms with Gasteiger partial charge in [-0.1, -0.05) is 35.8 Å². The Bertz CT molecular complexity index is 813. The minimum atomic E-state index is 1.00. The van der Waals surface area contributed by atoms with Crippen LogP contribution in [0.3, 0.4) is 0 Å². The number of rotatable bonds is 0. The maximum absolute atomic E-state index is 3.28. The fourth-order valence-electron chi connectivity index (χ4n) is 1.98. The van der Waals surface area contributed by atoms with Crippen LogP contribution in [0.15, 0.2) is 47.2 Å². The Balaban J connectivity index is 2.02. The second kappa shape index (κ2) is 6.67. The van der Waals surface area contributed by atoms with Crippen molar-refractivity contribution >= 4 is 22.7 Å². The second-order valence-corrected chi connectivity index (χ2v) is 6.83. The summed E-state index contributed by atoms with van der Waals surface area (Å²) in [6.07, 6.45) is 0. The molecule has 0 aliphatic carbocycles. The lowest BCUT2D eigenvalue weighted by Gasteiger charge is -2.03. The summed E-state index contributed by atoms with van der Waals surface area (Å²) in [7, 11) is 0. The molecule has 0 atom stereocenters. The van der Waals surface area contributed by atoms with E-state index in [0.29, 0.717) is 0 Å². The molecule has 3 rings (SSSR count). The molecule has 0 aliphatic rings. The first kappa shape index (κ1) is 14.7. The van der Waals surface area contributed by atoms with Crippen LogP contribution in [0.4, 0.5) is 0 Å². The van der Waals surface area contributed by atoms with Gasteiger partial charge in [0.2, 0.25) is 0 Å². The van der Waals surface area contributed by atoms with E-state index in [4.69, 9.17) is 0 Å². The van der Waals surface area contributed by atoms with Crippen molar-refractivity contribution < 1.29 is 0 Å². The highest BCUT2D eigenvalue weighted by Gasteiger charge is 2.02. The summed E-state index contributed by atoms with van der Waals surface area (Å²) in [5.74, 6) is 13.0. The van der Waals surface area contributed by atoms with Gasteiger partial charge in [-0.15, -0.1) is 22.7 Å². The van der Waals surface area contributed by atoms with Gasteiger partial charge in [-0.05, 0) is 60.0 Å². The number of aryl methyl sites for hydroxylation is 2. The molecule has 0 saturated heterocycles. The predicted molar refractivity (Wildman–Crippen MR) is 96.5 cm³/mol. The van der Waals surface area contributed by atoms with Crippen LogP contribution < -0.4 is 0 Å². The maximum Gasteiger partial charge on any atom is 0.0772 e. The second-order valence-electron chi connectivity index (χ2n) is 4.94. The Morgan fingerprint density at radius 1 is 0.682 bits per heavy atom. The third-order valence-electron chi connectivity index (χ3n) is 3.32. The lowest BCUT2D eigenvalue weighted by Crippen LogP contribution is -1.90. The molecule has 106 valence electrons. The molecule has 0 unspecified atom stereocenters. The van der Waals surface area contributed by atoms with E-state index in [1.807, 2.05) is 35.0 Å². The van der Waals surface area contributed by atoms with Crippen molar-refractivity contribution in [3.05, 3.63) is 79.2 Å². The molecule has 0 nitrogen and oxygen atoms in total. The third-order valence-corrected chi connectivity index (χ3v) is 4.89. The molecule has 2 heteroatoms. The highest BCUT2D eigenvalue weighted by atomic mass is 32.1. The Morgan fingerprint density at radius 3 is 1.50 bits per heavy atom. The van der Waals surface area contributed by atoms with Gasteiger partial charge in [0.05, 0.1) is 9.75 Å². The summed E-state index contributed by atoms with van der Waals surface area (Å²) < 4.78 is 0. The van der Waals surface area contributed by atoms with E-state index in [1.165, 1.54) is 11.1 Å². The number of benzene rings is 1. The molecule has 2 aromatic heterocycles. The standard InChI is InChI=1S/C20H14S2/c1-15-13-17(7-9-19-5-3-11-21-19)18(14-16(15)2)8-10-20-6-4-12-22-20/h3-6,11-14H,1-2H3. The van der Waals surface area contributed by atoms with Crippen molar-refractivity contribution in [2.45, 2.75) is 13.8 Å². The van der Waals surface area contributed by atoms with Crippen LogP contribution in [0.2, 0.25) is 0 Å². The average Bonchev–Trinajstić information content (AvgIpc) is 3.19. The summed E-state index contributed by atoms with van der Waals surface area (Å²) in [4.78, 5) is 2.16. The molecular weight excluding hydrogens is 304 g/mol. The first-order valence-corrected chi connectivity index (χ1v) is 8.70. The van der Waals surface area contributed by atoms with Gasteiger partial charge in [0.25, 0.3) is 0 Å². The van der Waals surface area contributed by atoms with Crippen molar-refractivity contribution in [2.75, 3.05) is 0 Å². The van der Waals surface area contributed by atoms with E-state index in [9.17, 15) is 0 Å². The zero-order valence-corrected chi connectivity index (χ0v) is 14.1. The molecule has 0 radical (unpaired) electrons. The largest absolute Gasteiger partial charge is 0.135 e. The summed E-state index contributed by atoms with van der Waals surface area (Å²) in [5, 5.41) is 4.09. The van der Waals surface area contributed by atoms with Crippen molar-refractivity contribution in [2.24, 2.45) is 0 Å². The monoisotopic (exact) mass is 318 g/mol. The summed E-state index contributed by atoms with van der Waals surface area (Å²) >= 11 is 3.32. The topological polar surface area (TPSA) is 0 Å². The molecule has 0 amide bonds. The van der Waals surface area contributed by atoms with Crippen molar-refractivity contribution in [3.63, 3.8) is 0 Å². The number of hydrogen-bond donors (Lipinski definition) is 0. The van der Waals surface area contributed by atoms with Crippen LogP contribution in [0.5, 0.6) is 0 Å². The normalized spacial score (nSPS) is 9.55. The molecule has 0 aliphatic heterocycles. The van der Waals surface area contributed by atoms with Crippen LogP contribution in [-0.4, -0.2) is 0 Å². The molecular formula is C20H14S2. The fourth-order valence-corrected chi connectivity index (χ4v) is 3.12. The molecule has 22 heavy (non-hydrogen) atoms. The highest BCUT2D eigenvalue weighted by Crippen LogP contribution is 2.16. The van der Waals surface area contributed by atoms with Crippen molar-refractivity contribution in [1.29, 1.82) is 0 Å². The first-order chi connectivity index (χ1) is 10.7. The van der Waals surface area contributed by atoms with Crippen molar-refractivity contribution in [1.82, 2.24) is 0 Å². The fraction of sp³-hybridized carbons (Fsp3) is 0.100. The van der Waals surface area contributed by atoms with E-state index in [0.717, 1.165) is 20.9 Å². The molecule has 3 aromatic rings. The van der Waals surface area contributed by atoms with Gasteiger partial charge in [-0.3, -0.25) is 0 Å². The van der Waals surface area contributed by atoms with Gasteiger partial charge in [0.1, 0.15) is 0 Å². The molecule has 1 aromatic carbocycles. The number of thiophene rings is 2. The summed E-state index contributed by atoms with van der Waals surface area (Å²) in [6, 6.07) is 12.4. The van der Waals surface area contributed by atoms with Gasteiger partial charge in [0.15, 0.2) is 0 Å². The van der Waals surface area contributed by atoms with E-state index in [2.05, 4.69) is 49.7 Å². The Kier molecular flexibility index (Phi) is 4.45. The first-order valence-electron chi connectivity index (χ1n) is 6.95. The van der Waals surface area contributed by atoms with Gasteiger partial charge in [0, 0.05) is 11.1 Å². The van der Waals surface area contributed by atoms with Gasteiger partial charge in [-0.25, -0.2) is 0 Å². The van der Waals surface area contributed by atoms with Crippen LogP contribution in [0.25, 0.3) is 0 Å². The molecule has 0 spiro atoms. The van der Waals surface area contributed by atoms with Gasteiger partial charge in [-0.2, -0.15) is 0 Å². The third kappa shape index (κ3) is 3.49. The smallest absolute Gasteiger partial charge is 0.0772 e. The minimum absolute atomic E-state index is 1.00. The quantitative estimate of drug-likeness (QED) is 0.498. The van der Waals surface area contributed by atoms with E-state index in [1.54, 1.807) is 22.7 Å². The van der Waals surface area contributed by atoms with Crippen LogP contribution in [0.1, 0.15) is 32.0 Å². The lowest BCUT2D eigenvalue weighted by atomic mass is 10.0. The number of hydrogen-bond acceptors (Lipinski definition) is 2. The Hall–Kier alpha value is -2.26. The van der Waals surface area contributed by atoms with Crippen LogP contribution in [0, 0.1) is 37.5 Å². The Labute approximate surface area is 139 Å².